The zero-order valence-corrected chi connectivity index (χ0v) is 11.8. The van der Waals surface area contributed by atoms with Gasteiger partial charge in [-0.15, -0.1) is 0 Å². The van der Waals surface area contributed by atoms with Crippen LogP contribution < -0.4 is 5.32 Å². The Morgan fingerprint density at radius 3 is 2.84 bits per heavy atom. The van der Waals surface area contributed by atoms with Gasteiger partial charge in [-0.05, 0) is 43.7 Å². The highest BCUT2D eigenvalue weighted by atomic mass is 35.5. The first-order valence-electron chi connectivity index (χ1n) is 7.30. The monoisotopic (exact) mass is 277 g/mol. The van der Waals surface area contributed by atoms with Gasteiger partial charge in [0.05, 0.1) is 6.04 Å². The van der Waals surface area contributed by atoms with Gasteiger partial charge in [0, 0.05) is 16.6 Å². The molecule has 1 saturated carbocycles. The van der Waals surface area contributed by atoms with Crippen LogP contribution in [0.25, 0.3) is 0 Å². The van der Waals surface area contributed by atoms with Gasteiger partial charge < -0.3 is 5.32 Å². The Balaban J connectivity index is 1.71. The minimum Gasteiger partial charge on any atom is -0.304 e. The van der Waals surface area contributed by atoms with Gasteiger partial charge in [0.15, 0.2) is 5.78 Å². The fraction of sp³-hybridized carbons (Fsp3) is 0.562. The number of piperidine rings is 1. The fourth-order valence-electron chi connectivity index (χ4n) is 3.54. The molecule has 2 aliphatic rings. The molecule has 0 amide bonds. The third-order valence-corrected chi connectivity index (χ3v) is 4.81. The molecule has 1 aliphatic heterocycles. The number of ketones is 1. The molecule has 0 aromatic heterocycles. The Morgan fingerprint density at radius 1 is 1.16 bits per heavy atom. The highest BCUT2D eigenvalue weighted by Gasteiger charge is 2.34. The number of hydrogen-bond acceptors (Lipinski definition) is 2. The van der Waals surface area contributed by atoms with Crippen molar-refractivity contribution in [2.24, 2.45) is 5.92 Å². The summed E-state index contributed by atoms with van der Waals surface area (Å²) in [6.45, 7) is 0. The van der Waals surface area contributed by atoms with Gasteiger partial charge in [-0.25, -0.2) is 0 Å². The topological polar surface area (TPSA) is 29.1 Å². The second kappa shape index (κ2) is 5.64. The predicted molar refractivity (Wildman–Crippen MR) is 77.7 cm³/mol. The van der Waals surface area contributed by atoms with Gasteiger partial charge in [0.2, 0.25) is 0 Å². The van der Waals surface area contributed by atoms with E-state index in [4.69, 9.17) is 11.6 Å². The largest absolute Gasteiger partial charge is 0.304 e. The quantitative estimate of drug-likeness (QED) is 0.833. The van der Waals surface area contributed by atoms with Crippen LogP contribution in [0.2, 0.25) is 5.02 Å². The molecule has 3 unspecified atom stereocenters. The molecule has 1 aromatic rings. The second-order valence-corrected chi connectivity index (χ2v) is 6.26. The molecule has 1 aromatic carbocycles. The van der Waals surface area contributed by atoms with Gasteiger partial charge in [-0.2, -0.15) is 0 Å². The first kappa shape index (κ1) is 13.1. The number of fused-ring (bicyclic) bond motifs is 1. The molecule has 1 saturated heterocycles. The van der Waals surface area contributed by atoms with Crippen LogP contribution in [0.5, 0.6) is 0 Å². The van der Waals surface area contributed by atoms with Crippen molar-refractivity contribution in [3.8, 4) is 0 Å². The lowest BCUT2D eigenvalue weighted by molar-refractivity contribution is 0.0861. The summed E-state index contributed by atoms with van der Waals surface area (Å²) in [7, 11) is 0. The average molecular weight is 278 g/mol. The molecule has 1 heterocycles. The summed E-state index contributed by atoms with van der Waals surface area (Å²) in [6, 6.07) is 7.83. The SMILES string of the molecule is O=C(c1cccc(Cl)c1)C1CCC2CCCCC2N1. The lowest BCUT2D eigenvalue weighted by Gasteiger charge is -2.40. The van der Waals surface area contributed by atoms with Crippen LogP contribution in [0, 0.1) is 5.92 Å². The Bertz CT molecular complexity index is 474. The molecule has 0 radical (unpaired) electrons. The van der Waals surface area contributed by atoms with E-state index >= 15 is 0 Å². The maximum atomic E-state index is 12.5. The van der Waals surface area contributed by atoms with Crippen LogP contribution in [-0.4, -0.2) is 17.9 Å². The van der Waals surface area contributed by atoms with Crippen LogP contribution in [0.1, 0.15) is 48.9 Å². The molecule has 102 valence electrons. The van der Waals surface area contributed by atoms with Gasteiger partial charge >= 0.3 is 0 Å². The summed E-state index contributed by atoms with van der Waals surface area (Å²) in [6.07, 6.45) is 7.36. The van der Waals surface area contributed by atoms with Crippen LogP contribution in [0.15, 0.2) is 24.3 Å². The van der Waals surface area contributed by atoms with Crippen molar-refractivity contribution >= 4 is 17.4 Å². The Labute approximate surface area is 119 Å². The number of rotatable bonds is 2. The summed E-state index contributed by atoms with van der Waals surface area (Å²) < 4.78 is 0. The van der Waals surface area contributed by atoms with Crippen molar-refractivity contribution in [2.75, 3.05) is 0 Å². The minimum absolute atomic E-state index is 0.0159. The summed E-state index contributed by atoms with van der Waals surface area (Å²) >= 11 is 5.97. The van der Waals surface area contributed by atoms with Crippen LogP contribution in [-0.2, 0) is 0 Å². The van der Waals surface area contributed by atoms with Crippen LogP contribution in [0.4, 0.5) is 0 Å². The molecule has 3 heteroatoms. The molecule has 1 N–H and O–H groups in total. The fourth-order valence-corrected chi connectivity index (χ4v) is 3.74. The standard InChI is InChI=1S/C16H20ClNO/c17-13-6-3-5-12(10-13)16(19)15-9-8-11-4-1-2-7-14(11)18-15/h3,5-6,10-11,14-15,18H,1-2,4,7-9H2. The zero-order chi connectivity index (χ0) is 13.2. The normalized spacial score (nSPS) is 30.7. The van der Waals surface area contributed by atoms with Crippen molar-refractivity contribution in [1.82, 2.24) is 5.32 Å². The maximum Gasteiger partial charge on any atom is 0.179 e. The summed E-state index contributed by atoms with van der Waals surface area (Å²) in [5.41, 5.74) is 0.735. The van der Waals surface area contributed by atoms with E-state index in [0.717, 1.165) is 17.9 Å². The third kappa shape index (κ3) is 2.85. The number of nitrogens with one attached hydrogen (secondary N) is 1. The minimum atomic E-state index is -0.0159. The van der Waals surface area contributed by atoms with Crippen LogP contribution in [0.3, 0.4) is 0 Å². The second-order valence-electron chi connectivity index (χ2n) is 5.82. The molecule has 3 atom stereocenters. The molecule has 19 heavy (non-hydrogen) atoms. The lowest BCUT2D eigenvalue weighted by Crippen LogP contribution is -2.52. The van der Waals surface area contributed by atoms with E-state index in [9.17, 15) is 4.79 Å². The Morgan fingerprint density at radius 2 is 2.00 bits per heavy atom. The number of carbonyl (C=O) groups is 1. The van der Waals surface area contributed by atoms with E-state index in [0.29, 0.717) is 11.1 Å². The average Bonchev–Trinajstić information content (AvgIpc) is 2.46. The van der Waals surface area contributed by atoms with E-state index in [1.165, 1.54) is 32.1 Å². The molecule has 0 bridgehead atoms. The lowest BCUT2D eigenvalue weighted by atomic mass is 9.77. The summed E-state index contributed by atoms with van der Waals surface area (Å²) in [4.78, 5) is 12.5. The summed E-state index contributed by atoms with van der Waals surface area (Å²) in [5, 5.41) is 4.22. The van der Waals surface area contributed by atoms with Crippen LogP contribution >= 0.6 is 11.6 Å². The number of halogens is 1. The highest BCUT2D eigenvalue weighted by Crippen LogP contribution is 2.33. The highest BCUT2D eigenvalue weighted by molar-refractivity contribution is 6.31. The Hall–Kier alpha value is -0.860. The van der Waals surface area contributed by atoms with Gasteiger partial charge in [-0.1, -0.05) is 36.6 Å². The van der Waals surface area contributed by atoms with Gasteiger partial charge in [-0.3, -0.25) is 4.79 Å². The molecule has 1 aliphatic carbocycles. The Kier molecular flexibility index (Phi) is 3.90. The molecule has 3 rings (SSSR count). The molecular weight excluding hydrogens is 258 g/mol. The summed E-state index contributed by atoms with van der Waals surface area (Å²) in [5.74, 6) is 0.990. The molecule has 2 fully saturated rings. The van der Waals surface area contributed by atoms with Crippen molar-refractivity contribution in [1.29, 1.82) is 0 Å². The smallest absolute Gasteiger partial charge is 0.179 e. The van der Waals surface area contributed by atoms with Gasteiger partial charge in [0.1, 0.15) is 0 Å². The number of carbonyl (C=O) groups excluding carboxylic acids is 1. The number of Topliss-reactive ketones (excluding diaryl/α,β-unsaturated/α-hetero) is 1. The van der Waals surface area contributed by atoms with E-state index in [1.54, 1.807) is 6.07 Å². The molecule has 2 nitrogen and oxygen atoms in total. The maximum absolute atomic E-state index is 12.5. The first-order chi connectivity index (χ1) is 9.24. The molecule has 0 spiro atoms. The number of hydrogen-bond donors (Lipinski definition) is 1. The van der Waals surface area contributed by atoms with E-state index < -0.39 is 0 Å². The first-order valence-corrected chi connectivity index (χ1v) is 7.67. The third-order valence-electron chi connectivity index (χ3n) is 4.58. The van der Waals surface area contributed by atoms with Gasteiger partial charge in [0.25, 0.3) is 0 Å². The van der Waals surface area contributed by atoms with E-state index in [1.807, 2.05) is 18.2 Å². The van der Waals surface area contributed by atoms with Crippen molar-refractivity contribution in [3.63, 3.8) is 0 Å². The zero-order valence-electron chi connectivity index (χ0n) is 11.1. The van der Waals surface area contributed by atoms with E-state index in [-0.39, 0.29) is 11.8 Å². The molecular formula is C16H20ClNO. The van der Waals surface area contributed by atoms with E-state index in [2.05, 4.69) is 5.32 Å². The van der Waals surface area contributed by atoms with Crippen molar-refractivity contribution < 1.29 is 4.79 Å². The van der Waals surface area contributed by atoms with Crippen molar-refractivity contribution in [2.45, 2.75) is 50.6 Å². The predicted octanol–water partition coefficient (Wildman–Crippen LogP) is 3.83. The van der Waals surface area contributed by atoms with Crippen molar-refractivity contribution in [3.05, 3.63) is 34.9 Å². The number of benzene rings is 1.